The van der Waals surface area contributed by atoms with Gasteiger partial charge in [-0.2, -0.15) is 0 Å². The first kappa shape index (κ1) is 17.7. The quantitative estimate of drug-likeness (QED) is 0.385. The average Bonchev–Trinajstić information content (AvgIpc) is 2.40. The number of ether oxygens (including phenoxy) is 2. The zero-order valence-electron chi connectivity index (χ0n) is 11.7. The third-order valence-electron chi connectivity index (χ3n) is 1.87. The molecule has 0 aromatic carbocycles. The fourth-order valence-electron chi connectivity index (χ4n) is 1.06. The number of urea groups is 1. The van der Waals surface area contributed by atoms with Gasteiger partial charge in [0, 0.05) is 12.2 Å². The van der Waals surface area contributed by atoms with Crippen molar-refractivity contribution in [3.05, 3.63) is 24.3 Å². The van der Waals surface area contributed by atoms with Crippen LogP contribution < -0.4 is 10.6 Å². The Morgan fingerprint density at radius 2 is 1.25 bits per heavy atom. The number of carbonyl (C=O) groups excluding carboxylic acids is 3. The van der Waals surface area contributed by atoms with Gasteiger partial charge in [0.15, 0.2) is 0 Å². The number of amides is 2. The molecule has 0 saturated carbocycles. The molecule has 7 nitrogen and oxygen atoms in total. The van der Waals surface area contributed by atoms with Crippen LogP contribution in [0.2, 0.25) is 0 Å². The standard InChI is InChI=1S/C13H20N2O5/c1-3-5-11(16)19-9-7-14-13(18)15-8-10-20-12(17)6-4-2/h3-6H,7-10H2,1-2H3,(H2,14,15,18). The maximum absolute atomic E-state index is 11.3. The van der Waals surface area contributed by atoms with Crippen molar-refractivity contribution < 1.29 is 23.9 Å². The molecule has 0 radical (unpaired) electrons. The maximum atomic E-state index is 11.3. The molecule has 0 aliphatic rings. The minimum absolute atomic E-state index is 0.0902. The van der Waals surface area contributed by atoms with Crippen LogP contribution in [0.1, 0.15) is 13.8 Å². The van der Waals surface area contributed by atoms with E-state index < -0.39 is 18.0 Å². The summed E-state index contributed by atoms with van der Waals surface area (Å²) < 4.78 is 9.54. The smallest absolute Gasteiger partial charge is 0.330 e. The van der Waals surface area contributed by atoms with Gasteiger partial charge in [-0.25, -0.2) is 14.4 Å². The molecule has 112 valence electrons. The summed E-state index contributed by atoms with van der Waals surface area (Å²) in [5.74, 6) is -0.906. The second kappa shape index (κ2) is 11.8. The SMILES string of the molecule is CC=CC(=O)OCCNC(=O)NCCOC(=O)C=CC. The van der Waals surface area contributed by atoms with Gasteiger partial charge in [-0.05, 0) is 13.8 Å². The lowest BCUT2D eigenvalue weighted by atomic mass is 10.5. The second-order valence-electron chi connectivity index (χ2n) is 3.52. The lowest BCUT2D eigenvalue weighted by Gasteiger charge is -2.07. The highest BCUT2D eigenvalue weighted by Crippen LogP contribution is 1.81. The van der Waals surface area contributed by atoms with E-state index in [0.717, 1.165) is 0 Å². The van der Waals surface area contributed by atoms with Crippen molar-refractivity contribution >= 4 is 18.0 Å². The Balaban J connectivity index is 3.50. The van der Waals surface area contributed by atoms with Crippen molar-refractivity contribution in [2.75, 3.05) is 26.3 Å². The lowest BCUT2D eigenvalue weighted by Crippen LogP contribution is -2.39. The van der Waals surface area contributed by atoms with Crippen LogP contribution in [0.3, 0.4) is 0 Å². The van der Waals surface area contributed by atoms with Gasteiger partial charge in [0.05, 0.1) is 13.1 Å². The van der Waals surface area contributed by atoms with Gasteiger partial charge < -0.3 is 20.1 Å². The normalized spacial score (nSPS) is 10.5. The highest BCUT2D eigenvalue weighted by Gasteiger charge is 2.01. The summed E-state index contributed by atoms with van der Waals surface area (Å²) in [6.07, 6.45) is 5.72. The highest BCUT2D eigenvalue weighted by molar-refractivity contribution is 5.82. The highest BCUT2D eigenvalue weighted by atomic mass is 16.5. The van der Waals surface area contributed by atoms with Crippen LogP contribution in [-0.2, 0) is 19.1 Å². The minimum atomic E-state index is -0.453. The molecule has 0 unspecified atom stereocenters. The molecule has 0 aliphatic carbocycles. The molecule has 0 atom stereocenters. The first-order valence-electron chi connectivity index (χ1n) is 6.20. The Morgan fingerprint density at radius 3 is 1.60 bits per heavy atom. The third kappa shape index (κ3) is 10.8. The molecule has 7 heteroatoms. The lowest BCUT2D eigenvalue weighted by molar-refractivity contribution is -0.138. The molecule has 0 heterocycles. The number of carbonyl (C=O) groups is 3. The first-order chi connectivity index (χ1) is 9.60. The van der Waals surface area contributed by atoms with E-state index >= 15 is 0 Å². The molecule has 0 fully saturated rings. The van der Waals surface area contributed by atoms with E-state index in [-0.39, 0.29) is 26.3 Å². The Hall–Kier alpha value is -2.31. The van der Waals surface area contributed by atoms with Crippen molar-refractivity contribution in [3.63, 3.8) is 0 Å². The molecular weight excluding hydrogens is 264 g/mol. The summed E-state index contributed by atoms with van der Waals surface area (Å²) in [5.41, 5.74) is 0. The maximum Gasteiger partial charge on any atom is 0.330 e. The molecule has 0 saturated heterocycles. The number of nitrogens with one attached hydrogen (secondary N) is 2. The summed E-state index contributed by atoms with van der Waals surface area (Å²) in [6, 6.07) is -0.422. The fourth-order valence-corrected chi connectivity index (χ4v) is 1.06. The van der Waals surface area contributed by atoms with Crippen LogP contribution in [0.25, 0.3) is 0 Å². The van der Waals surface area contributed by atoms with Crippen molar-refractivity contribution in [2.45, 2.75) is 13.8 Å². The largest absolute Gasteiger partial charge is 0.461 e. The van der Waals surface area contributed by atoms with E-state index in [1.807, 2.05) is 0 Å². The predicted octanol–water partition coefficient (Wildman–Crippen LogP) is 0.524. The third-order valence-corrected chi connectivity index (χ3v) is 1.87. The number of hydrogen-bond acceptors (Lipinski definition) is 5. The molecule has 0 bridgehead atoms. The van der Waals surface area contributed by atoms with Gasteiger partial charge in [0.1, 0.15) is 13.2 Å². The van der Waals surface area contributed by atoms with E-state index in [1.54, 1.807) is 26.0 Å². The fraction of sp³-hybridized carbons (Fsp3) is 0.462. The van der Waals surface area contributed by atoms with Crippen LogP contribution in [0.4, 0.5) is 4.79 Å². The van der Waals surface area contributed by atoms with E-state index in [4.69, 9.17) is 9.47 Å². The Kier molecular flexibility index (Phi) is 10.4. The first-order valence-corrected chi connectivity index (χ1v) is 6.20. The van der Waals surface area contributed by atoms with Gasteiger partial charge in [0.2, 0.25) is 0 Å². The molecule has 0 aliphatic heterocycles. The van der Waals surface area contributed by atoms with Crippen LogP contribution in [0.15, 0.2) is 24.3 Å². The number of hydrogen-bond donors (Lipinski definition) is 2. The van der Waals surface area contributed by atoms with E-state index in [9.17, 15) is 14.4 Å². The van der Waals surface area contributed by atoms with Gasteiger partial charge in [-0.15, -0.1) is 0 Å². The predicted molar refractivity (Wildman–Crippen MR) is 72.9 cm³/mol. The van der Waals surface area contributed by atoms with Crippen LogP contribution >= 0.6 is 0 Å². The van der Waals surface area contributed by atoms with Gasteiger partial charge >= 0.3 is 18.0 Å². The second-order valence-corrected chi connectivity index (χ2v) is 3.52. The van der Waals surface area contributed by atoms with Gasteiger partial charge in [0.25, 0.3) is 0 Å². The Bertz CT molecular complexity index is 343. The Morgan fingerprint density at radius 1 is 0.850 bits per heavy atom. The molecule has 0 aromatic rings. The zero-order chi connectivity index (χ0) is 15.2. The summed E-state index contributed by atoms with van der Waals surface area (Å²) in [5, 5.41) is 4.98. The van der Waals surface area contributed by atoms with Crippen LogP contribution in [-0.4, -0.2) is 44.3 Å². The minimum Gasteiger partial charge on any atom is -0.461 e. The average molecular weight is 284 g/mol. The van der Waals surface area contributed by atoms with Gasteiger partial charge in [-0.3, -0.25) is 0 Å². The molecule has 0 spiro atoms. The van der Waals surface area contributed by atoms with E-state index in [1.165, 1.54) is 12.2 Å². The van der Waals surface area contributed by atoms with E-state index in [0.29, 0.717) is 0 Å². The molecular formula is C13H20N2O5. The van der Waals surface area contributed by atoms with Crippen molar-refractivity contribution in [3.8, 4) is 0 Å². The Labute approximate surface area is 118 Å². The van der Waals surface area contributed by atoms with Crippen LogP contribution in [0, 0.1) is 0 Å². The van der Waals surface area contributed by atoms with Crippen molar-refractivity contribution in [1.29, 1.82) is 0 Å². The molecule has 0 rings (SSSR count). The molecule has 2 amide bonds. The summed E-state index contributed by atoms with van der Waals surface area (Å²) in [6.45, 7) is 3.99. The molecule has 0 aromatic heterocycles. The van der Waals surface area contributed by atoms with Crippen molar-refractivity contribution in [2.24, 2.45) is 0 Å². The zero-order valence-corrected chi connectivity index (χ0v) is 11.7. The molecule has 20 heavy (non-hydrogen) atoms. The van der Waals surface area contributed by atoms with Crippen LogP contribution in [0.5, 0.6) is 0 Å². The summed E-state index contributed by atoms with van der Waals surface area (Å²) in [4.78, 5) is 33.1. The monoisotopic (exact) mass is 284 g/mol. The van der Waals surface area contributed by atoms with E-state index in [2.05, 4.69) is 10.6 Å². The topological polar surface area (TPSA) is 93.7 Å². The molecule has 2 N–H and O–H groups in total. The number of allylic oxidation sites excluding steroid dienone is 2. The summed E-state index contributed by atoms with van der Waals surface area (Å²) in [7, 11) is 0. The van der Waals surface area contributed by atoms with Crippen molar-refractivity contribution in [1.82, 2.24) is 10.6 Å². The van der Waals surface area contributed by atoms with Gasteiger partial charge in [-0.1, -0.05) is 12.2 Å². The number of esters is 2. The summed E-state index contributed by atoms with van der Waals surface area (Å²) >= 11 is 0. The number of rotatable bonds is 8.